The van der Waals surface area contributed by atoms with Crippen LogP contribution in [0.25, 0.3) is 0 Å². The molecule has 0 atom stereocenters. The molecule has 0 saturated heterocycles. The Morgan fingerprint density at radius 2 is 1.74 bits per heavy atom. The first-order valence-electron chi connectivity index (χ1n) is 7.05. The molecule has 0 aromatic heterocycles. The van der Waals surface area contributed by atoms with Crippen molar-refractivity contribution in [2.75, 3.05) is 7.11 Å². The van der Waals surface area contributed by atoms with Crippen molar-refractivity contribution in [2.24, 2.45) is 0 Å². The third-order valence-corrected chi connectivity index (χ3v) is 5.08. The van der Waals surface area contributed by atoms with Gasteiger partial charge in [-0.3, -0.25) is 4.31 Å². The molecule has 0 aliphatic heterocycles. The van der Waals surface area contributed by atoms with Gasteiger partial charge in [-0.15, -0.1) is 5.73 Å². The molecule has 0 N–H and O–H groups in total. The molecule has 5 heteroatoms. The van der Waals surface area contributed by atoms with Crippen LogP contribution in [0.1, 0.15) is 11.1 Å². The molecule has 2 aromatic carbocycles. The maximum absolute atomic E-state index is 12.8. The monoisotopic (exact) mass is 329 g/mol. The highest BCUT2D eigenvalue weighted by Crippen LogP contribution is 2.20. The predicted octanol–water partition coefficient (Wildman–Crippen LogP) is 3.49. The van der Waals surface area contributed by atoms with E-state index in [9.17, 15) is 8.42 Å². The fraction of sp³-hybridized carbons (Fsp3) is 0.167. The van der Waals surface area contributed by atoms with Gasteiger partial charge in [0.25, 0.3) is 10.0 Å². The van der Waals surface area contributed by atoms with E-state index >= 15 is 0 Å². The first-order chi connectivity index (χ1) is 11.0. The van der Waals surface area contributed by atoms with Crippen LogP contribution in [0.15, 0.2) is 71.9 Å². The molecule has 4 nitrogen and oxygen atoms in total. The highest BCUT2D eigenvalue weighted by atomic mass is 32.2. The Balaban J connectivity index is 2.32. The molecule has 0 bridgehead atoms. The predicted molar refractivity (Wildman–Crippen MR) is 90.6 cm³/mol. The first kappa shape index (κ1) is 16.9. The lowest BCUT2D eigenvalue weighted by Gasteiger charge is -2.20. The molecule has 0 amide bonds. The van der Waals surface area contributed by atoms with Crippen molar-refractivity contribution < 1.29 is 13.2 Å². The molecule has 0 aliphatic carbocycles. The number of ether oxygens (including phenoxy) is 1. The summed E-state index contributed by atoms with van der Waals surface area (Å²) in [5, 5.41) is 0. The van der Waals surface area contributed by atoms with Crippen molar-refractivity contribution in [1.82, 2.24) is 4.31 Å². The Hall–Kier alpha value is -2.49. The molecule has 0 spiro atoms. The van der Waals surface area contributed by atoms with Gasteiger partial charge >= 0.3 is 0 Å². The molecule has 0 heterocycles. The summed E-state index contributed by atoms with van der Waals surface area (Å²) in [7, 11) is -2.06. The Bertz CT molecular complexity index is 802. The SMILES string of the molecule is C=C=CN(Cc1ccc(OC)cc1)S(=O)(=O)c1ccc(C)cc1. The molecule has 0 radical (unpaired) electrons. The second kappa shape index (κ2) is 7.18. The van der Waals surface area contributed by atoms with E-state index in [2.05, 4.69) is 12.3 Å². The van der Waals surface area contributed by atoms with E-state index in [0.717, 1.165) is 16.9 Å². The van der Waals surface area contributed by atoms with Crippen molar-refractivity contribution in [2.45, 2.75) is 18.4 Å². The molecule has 2 rings (SSSR count). The van der Waals surface area contributed by atoms with Crippen molar-refractivity contribution in [3.8, 4) is 5.75 Å². The van der Waals surface area contributed by atoms with Gasteiger partial charge in [-0.25, -0.2) is 8.42 Å². The number of methoxy groups -OCH3 is 1. The minimum Gasteiger partial charge on any atom is -0.497 e. The lowest BCUT2D eigenvalue weighted by molar-refractivity contribution is 0.414. The van der Waals surface area contributed by atoms with E-state index in [-0.39, 0.29) is 11.4 Å². The highest BCUT2D eigenvalue weighted by Gasteiger charge is 2.21. The smallest absolute Gasteiger partial charge is 0.264 e. The quantitative estimate of drug-likeness (QED) is 0.762. The largest absolute Gasteiger partial charge is 0.497 e. The number of nitrogens with zero attached hydrogens (tertiary/aromatic N) is 1. The number of hydrogen-bond donors (Lipinski definition) is 0. The minimum atomic E-state index is -3.65. The fourth-order valence-corrected chi connectivity index (χ4v) is 3.34. The Kier molecular flexibility index (Phi) is 5.27. The molecular formula is C18H19NO3S. The van der Waals surface area contributed by atoms with Crippen molar-refractivity contribution in [3.05, 3.63) is 78.2 Å². The summed E-state index contributed by atoms with van der Waals surface area (Å²) < 4.78 is 31.9. The molecule has 0 unspecified atom stereocenters. The van der Waals surface area contributed by atoms with Crippen molar-refractivity contribution >= 4 is 10.0 Å². The minimum absolute atomic E-state index is 0.197. The van der Waals surface area contributed by atoms with Gasteiger partial charge in [-0.2, -0.15) is 0 Å². The van der Waals surface area contributed by atoms with Crippen LogP contribution < -0.4 is 4.74 Å². The van der Waals surface area contributed by atoms with Crippen LogP contribution in [0.3, 0.4) is 0 Å². The number of benzene rings is 2. The molecule has 120 valence electrons. The summed E-state index contributed by atoms with van der Waals surface area (Å²) in [6.45, 7) is 5.59. The summed E-state index contributed by atoms with van der Waals surface area (Å²) in [4.78, 5) is 0.239. The topological polar surface area (TPSA) is 46.6 Å². The van der Waals surface area contributed by atoms with E-state index < -0.39 is 10.0 Å². The summed E-state index contributed by atoms with van der Waals surface area (Å²) in [6.07, 6.45) is 1.35. The van der Waals surface area contributed by atoms with Gasteiger partial charge in [-0.1, -0.05) is 36.4 Å². The first-order valence-corrected chi connectivity index (χ1v) is 8.49. The Morgan fingerprint density at radius 1 is 1.13 bits per heavy atom. The summed E-state index contributed by atoms with van der Waals surface area (Å²) in [5.74, 6) is 0.723. The molecular weight excluding hydrogens is 310 g/mol. The van der Waals surface area contributed by atoms with Gasteiger partial charge in [0.05, 0.1) is 24.7 Å². The van der Waals surface area contributed by atoms with E-state index in [0.29, 0.717) is 0 Å². The van der Waals surface area contributed by atoms with Crippen LogP contribution in [0.2, 0.25) is 0 Å². The van der Waals surface area contributed by atoms with E-state index in [1.165, 1.54) is 10.5 Å². The van der Waals surface area contributed by atoms with Gasteiger partial charge in [-0.05, 0) is 36.8 Å². The van der Waals surface area contributed by atoms with Crippen LogP contribution in [-0.2, 0) is 16.6 Å². The third kappa shape index (κ3) is 4.03. The lowest BCUT2D eigenvalue weighted by atomic mass is 10.2. The van der Waals surface area contributed by atoms with Crippen LogP contribution in [0.5, 0.6) is 5.75 Å². The second-order valence-electron chi connectivity index (χ2n) is 5.04. The molecule has 23 heavy (non-hydrogen) atoms. The van der Waals surface area contributed by atoms with Crippen LogP contribution in [0, 0.1) is 6.92 Å². The van der Waals surface area contributed by atoms with E-state index in [1.54, 1.807) is 43.5 Å². The fourth-order valence-electron chi connectivity index (χ4n) is 2.06. The van der Waals surface area contributed by atoms with E-state index in [1.807, 2.05) is 19.1 Å². The van der Waals surface area contributed by atoms with Crippen molar-refractivity contribution in [3.63, 3.8) is 0 Å². The number of hydrogen-bond acceptors (Lipinski definition) is 3. The van der Waals surface area contributed by atoms with Gasteiger partial charge in [0.15, 0.2) is 0 Å². The maximum Gasteiger partial charge on any atom is 0.264 e. The summed E-state index contributed by atoms with van der Waals surface area (Å²) in [5.41, 5.74) is 4.39. The normalized spacial score (nSPS) is 10.7. The van der Waals surface area contributed by atoms with Gasteiger partial charge < -0.3 is 4.74 Å². The van der Waals surface area contributed by atoms with Crippen LogP contribution in [0.4, 0.5) is 0 Å². The Morgan fingerprint density at radius 3 is 2.26 bits per heavy atom. The zero-order valence-corrected chi connectivity index (χ0v) is 14.0. The molecule has 2 aromatic rings. The van der Waals surface area contributed by atoms with Crippen LogP contribution >= 0.6 is 0 Å². The number of rotatable bonds is 6. The molecule has 0 saturated carbocycles. The average Bonchev–Trinajstić information content (AvgIpc) is 2.55. The maximum atomic E-state index is 12.8. The lowest BCUT2D eigenvalue weighted by Crippen LogP contribution is -2.25. The molecule has 0 aliphatic rings. The number of aryl methyl sites for hydroxylation is 1. The van der Waals surface area contributed by atoms with Gasteiger partial charge in [0.1, 0.15) is 5.75 Å². The Labute approximate surface area is 137 Å². The zero-order chi connectivity index (χ0) is 16.9. The van der Waals surface area contributed by atoms with Crippen molar-refractivity contribution in [1.29, 1.82) is 0 Å². The standard InChI is InChI=1S/C18H19NO3S/c1-4-13-19(14-16-7-9-17(22-3)10-8-16)23(20,21)18-11-5-15(2)6-12-18/h5-13H,1,14H2,2-3H3. The third-order valence-electron chi connectivity index (χ3n) is 3.36. The van der Waals surface area contributed by atoms with Crippen LogP contribution in [-0.4, -0.2) is 19.8 Å². The summed E-state index contributed by atoms with van der Waals surface area (Å²) >= 11 is 0. The zero-order valence-electron chi connectivity index (χ0n) is 13.2. The average molecular weight is 329 g/mol. The number of sulfonamides is 1. The van der Waals surface area contributed by atoms with Gasteiger partial charge in [0.2, 0.25) is 0 Å². The highest BCUT2D eigenvalue weighted by molar-refractivity contribution is 7.89. The summed E-state index contributed by atoms with van der Waals surface area (Å²) in [6, 6.07) is 14.0. The van der Waals surface area contributed by atoms with Gasteiger partial charge in [0, 0.05) is 0 Å². The second-order valence-corrected chi connectivity index (χ2v) is 6.94. The molecule has 0 fully saturated rings. The van der Waals surface area contributed by atoms with E-state index in [4.69, 9.17) is 4.74 Å².